The first-order chi connectivity index (χ1) is 12.1. The maximum Gasteiger partial charge on any atom is 0.195 e. The van der Waals surface area contributed by atoms with Crippen LogP contribution in [0.15, 0.2) is 29.3 Å². The van der Waals surface area contributed by atoms with Crippen molar-refractivity contribution in [1.82, 2.24) is 4.98 Å². The number of methoxy groups -OCH3 is 1. The van der Waals surface area contributed by atoms with E-state index in [1.54, 1.807) is 24.3 Å². The van der Waals surface area contributed by atoms with Crippen LogP contribution >= 0.6 is 11.8 Å². The third-order valence-corrected chi connectivity index (χ3v) is 4.62. The summed E-state index contributed by atoms with van der Waals surface area (Å²) in [4.78, 5) is 17.1. The molecule has 0 aliphatic carbocycles. The number of hydrogen-bond donors (Lipinski definition) is 1. The smallest absolute Gasteiger partial charge is 0.195 e. The molecule has 1 aromatic heterocycles. The average Bonchev–Trinajstić information content (AvgIpc) is 2.65. The van der Waals surface area contributed by atoms with Gasteiger partial charge in [0, 0.05) is 5.56 Å². The topological polar surface area (TPSA) is 113 Å². The fraction of sp³-hybridized carbons (Fsp3) is 0.222. The van der Waals surface area contributed by atoms with Crippen molar-refractivity contribution in [3.63, 3.8) is 0 Å². The Labute approximate surface area is 150 Å². The van der Waals surface area contributed by atoms with Crippen LogP contribution < -0.4 is 10.5 Å². The number of ketones is 1. The van der Waals surface area contributed by atoms with Crippen LogP contribution in [0.25, 0.3) is 0 Å². The Kier molecular flexibility index (Phi) is 5.99. The third-order valence-electron chi connectivity index (χ3n) is 3.44. The first kappa shape index (κ1) is 18.3. The van der Waals surface area contributed by atoms with Crippen LogP contribution in [0.3, 0.4) is 0 Å². The molecule has 0 saturated heterocycles. The van der Waals surface area contributed by atoms with E-state index in [1.807, 2.05) is 19.1 Å². The summed E-state index contributed by atoms with van der Waals surface area (Å²) in [5, 5.41) is 19.3. The van der Waals surface area contributed by atoms with E-state index in [9.17, 15) is 15.3 Å². The largest absolute Gasteiger partial charge is 0.497 e. The number of nitrogens with two attached hydrogens (primary N) is 1. The van der Waals surface area contributed by atoms with Gasteiger partial charge in [0.2, 0.25) is 0 Å². The molecule has 2 aromatic rings. The zero-order valence-electron chi connectivity index (χ0n) is 13.9. The first-order valence-corrected chi connectivity index (χ1v) is 8.51. The van der Waals surface area contributed by atoms with Gasteiger partial charge in [-0.25, -0.2) is 4.98 Å². The van der Waals surface area contributed by atoms with Crippen molar-refractivity contribution >= 4 is 23.4 Å². The van der Waals surface area contributed by atoms with Crippen molar-refractivity contribution in [3.05, 3.63) is 46.5 Å². The predicted octanol–water partition coefficient (Wildman–Crippen LogP) is 3.15. The normalized spacial score (nSPS) is 9.92. The molecule has 0 fully saturated rings. The molecule has 2 rings (SSSR count). The summed E-state index contributed by atoms with van der Waals surface area (Å²) < 4.78 is 5.08. The van der Waals surface area contributed by atoms with Gasteiger partial charge in [0.15, 0.2) is 5.78 Å². The Morgan fingerprint density at radius 1 is 1.24 bits per heavy atom. The highest BCUT2D eigenvalue weighted by atomic mass is 32.2. The number of nitriles is 2. The second kappa shape index (κ2) is 8.18. The number of ether oxygens (including phenoxy) is 1. The number of pyridine rings is 1. The lowest BCUT2D eigenvalue weighted by Gasteiger charge is -2.12. The van der Waals surface area contributed by atoms with Crippen LogP contribution in [0.4, 0.5) is 5.82 Å². The van der Waals surface area contributed by atoms with Gasteiger partial charge in [-0.05, 0) is 36.4 Å². The summed E-state index contributed by atoms with van der Waals surface area (Å²) in [6.07, 6.45) is 0.874. The second-order valence-electron chi connectivity index (χ2n) is 5.06. The number of carbonyl (C=O) groups is 1. The molecule has 7 heteroatoms. The Morgan fingerprint density at radius 2 is 1.88 bits per heavy atom. The Morgan fingerprint density at radius 3 is 2.40 bits per heavy atom. The number of nitrogen functional groups attached to an aromatic ring is 1. The van der Waals surface area contributed by atoms with Gasteiger partial charge in [0.05, 0.1) is 18.2 Å². The highest BCUT2D eigenvalue weighted by Crippen LogP contribution is 2.30. The molecule has 0 aliphatic heterocycles. The number of thioether (sulfide) groups is 1. The van der Waals surface area contributed by atoms with E-state index in [0.717, 1.165) is 12.2 Å². The molecule has 0 spiro atoms. The Bertz CT molecular complexity index is 880. The number of benzene rings is 1. The Balaban J connectivity index is 2.64. The van der Waals surface area contributed by atoms with E-state index in [4.69, 9.17) is 10.5 Å². The third kappa shape index (κ3) is 3.73. The van der Waals surface area contributed by atoms with E-state index in [1.165, 1.54) is 18.9 Å². The van der Waals surface area contributed by atoms with Crippen molar-refractivity contribution in [2.45, 2.75) is 18.4 Å². The number of aromatic nitrogens is 1. The minimum atomic E-state index is -0.441. The molecule has 1 heterocycles. The van der Waals surface area contributed by atoms with Gasteiger partial charge in [-0.3, -0.25) is 4.79 Å². The minimum absolute atomic E-state index is 0.00118. The summed E-state index contributed by atoms with van der Waals surface area (Å²) in [7, 11) is 1.53. The lowest BCUT2D eigenvalue weighted by atomic mass is 9.96. The minimum Gasteiger partial charge on any atom is -0.497 e. The summed E-state index contributed by atoms with van der Waals surface area (Å²) >= 11 is 1.34. The molecule has 0 bridgehead atoms. The molecule has 1 aromatic carbocycles. The zero-order valence-corrected chi connectivity index (χ0v) is 14.7. The molecule has 0 atom stereocenters. The highest BCUT2D eigenvalue weighted by molar-refractivity contribution is 7.99. The van der Waals surface area contributed by atoms with Crippen LogP contribution in [0, 0.1) is 22.7 Å². The number of anilines is 1. The summed E-state index contributed by atoms with van der Waals surface area (Å²) in [6, 6.07) is 10.4. The van der Waals surface area contributed by atoms with Crippen molar-refractivity contribution < 1.29 is 9.53 Å². The SMILES string of the molecule is CCCSc1nc(N)c(C#N)c(C(=O)c2ccc(OC)cc2)c1C#N. The van der Waals surface area contributed by atoms with E-state index in [-0.39, 0.29) is 22.5 Å². The number of carbonyl (C=O) groups excluding carboxylic acids is 1. The Hall–Kier alpha value is -3.03. The molecule has 0 radical (unpaired) electrons. The number of hydrogen-bond acceptors (Lipinski definition) is 7. The van der Waals surface area contributed by atoms with Crippen LogP contribution in [0.2, 0.25) is 0 Å². The van der Waals surface area contributed by atoms with E-state index in [2.05, 4.69) is 4.98 Å². The molecular weight excluding hydrogens is 336 g/mol. The lowest BCUT2D eigenvalue weighted by Crippen LogP contribution is -2.12. The van der Waals surface area contributed by atoms with Crippen LogP contribution in [0.1, 0.15) is 40.4 Å². The highest BCUT2D eigenvalue weighted by Gasteiger charge is 2.25. The van der Waals surface area contributed by atoms with Gasteiger partial charge in [-0.15, -0.1) is 11.8 Å². The van der Waals surface area contributed by atoms with Crippen LogP contribution in [0.5, 0.6) is 5.75 Å². The first-order valence-electron chi connectivity index (χ1n) is 7.52. The van der Waals surface area contributed by atoms with Crippen molar-refractivity contribution in [1.29, 1.82) is 10.5 Å². The van der Waals surface area contributed by atoms with Gasteiger partial charge in [0.1, 0.15) is 34.3 Å². The standard InChI is InChI=1S/C18H16N4O2S/c1-3-8-25-18-14(10-20)15(13(9-19)17(21)22-18)16(23)11-4-6-12(24-2)7-5-11/h4-7H,3,8H2,1-2H3,(H2,21,22). The van der Waals surface area contributed by atoms with Crippen LogP contribution in [-0.4, -0.2) is 23.6 Å². The van der Waals surface area contributed by atoms with Gasteiger partial charge < -0.3 is 10.5 Å². The molecule has 0 amide bonds. The fourth-order valence-corrected chi connectivity index (χ4v) is 3.07. The quantitative estimate of drug-likeness (QED) is 0.627. The molecule has 0 unspecified atom stereocenters. The fourth-order valence-electron chi connectivity index (χ4n) is 2.22. The van der Waals surface area contributed by atoms with Crippen molar-refractivity contribution in [3.8, 4) is 17.9 Å². The summed E-state index contributed by atoms with van der Waals surface area (Å²) in [6.45, 7) is 2.00. The van der Waals surface area contributed by atoms with Gasteiger partial charge in [-0.1, -0.05) is 6.92 Å². The van der Waals surface area contributed by atoms with Gasteiger partial charge >= 0.3 is 0 Å². The summed E-state index contributed by atoms with van der Waals surface area (Å²) in [5.74, 6) is 0.842. The molecule has 6 nitrogen and oxygen atoms in total. The average molecular weight is 352 g/mol. The lowest BCUT2D eigenvalue weighted by molar-refractivity contribution is 0.103. The van der Waals surface area contributed by atoms with Gasteiger partial charge in [0.25, 0.3) is 0 Å². The molecule has 2 N–H and O–H groups in total. The summed E-state index contributed by atoms with van der Waals surface area (Å²) in [5.41, 5.74) is 6.22. The molecule has 126 valence electrons. The maximum atomic E-state index is 12.9. The van der Waals surface area contributed by atoms with E-state index >= 15 is 0 Å². The number of rotatable bonds is 6. The van der Waals surface area contributed by atoms with E-state index < -0.39 is 5.78 Å². The molecule has 25 heavy (non-hydrogen) atoms. The molecular formula is C18H16N4O2S. The maximum absolute atomic E-state index is 12.9. The monoisotopic (exact) mass is 352 g/mol. The zero-order chi connectivity index (χ0) is 18.4. The van der Waals surface area contributed by atoms with Crippen molar-refractivity contribution in [2.75, 3.05) is 18.6 Å². The number of nitrogens with zero attached hydrogens (tertiary/aromatic N) is 3. The van der Waals surface area contributed by atoms with Crippen molar-refractivity contribution in [2.24, 2.45) is 0 Å². The molecule has 0 saturated carbocycles. The second-order valence-corrected chi connectivity index (χ2v) is 6.14. The molecule has 0 aliphatic rings. The van der Waals surface area contributed by atoms with Crippen LogP contribution in [-0.2, 0) is 0 Å². The predicted molar refractivity (Wildman–Crippen MR) is 95.5 cm³/mol. The van der Waals surface area contributed by atoms with E-state index in [0.29, 0.717) is 16.3 Å². The van der Waals surface area contributed by atoms with Gasteiger partial charge in [-0.2, -0.15) is 10.5 Å².